The maximum Gasteiger partial charge on any atom is 0.279 e. The molecule has 1 aliphatic rings. The molecule has 0 fully saturated rings. The van der Waals surface area contributed by atoms with E-state index < -0.39 is 16.1 Å². The molecule has 32 heavy (non-hydrogen) atoms. The van der Waals surface area contributed by atoms with Crippen molar-refractivity contribution in [3.8, 4) is 5.75 Å². The van der Waals surface area contributed by atoms with Crippen molar-refractivity contribution >= 4 is 26.8 Å². The number of nitrogens with zero attached hydrogens (tertiary/aromatic N) is 4. The molecular formula is C24H20N4O3S. The van der Waals surface area contributed by atoms with E-state index in [2.05, 4.69) is 15.1 Å². The summed E-state index contributed by atoms with van der Waals surface area (Å²) >= 11 is 0. The van der Waals surface area contributed by atoms with Crippen LogP contribution in [0.3, 0.4) is 0 Å². The fraction of sp³-hybridized carbons (Fsp3) is 0.125. The van der Waals surface area contributed by atoms with Gasteiger partial charge in [-0.3, -0.25) is 9.97 Å². The van der Waals surface area contributed by atoms with E-state index in [-0.39, 0.29) is 4.90 Å². The fourth-order valence-electron chi connectivity index (χ4n) is 3.80. The monoisotopic (exact) mass is 444 g/mol. The summed E-state index contributed by atoms with van der Waals surface area (Å²) in [6, 6.07) is 21.0. The standard InChI is InChI=1S/C24H20N4O3S/c1-31-19-10-7-17(8-11-19)22-16-24(18-9-12-21-23(15-18)26-14-13-25-21)28(27-22)32(29,30)20-5-3-2-4-6-20/h2-15,24H,16H2,1H3/t24-/m1/s1. The van der Waals surface area contributed by atoms with Crippen LogP contribution in [0.5, 0.6) is 5.75 Å². The van der Waals surface area contributed by atoms with Crippen molar-refractivity contribution in [2.24, 2.45) is 5.10 Å². The Bertz CT molecular complexity index is 1400. The van der Waals surface area contributed by atoms with Gasteiger partial charge in [0, 0.05) is 18.8 Å². The SMILES string of the molecule is COc1ccc(C2=NN(S(=O)(=O)c3ccccc3)[C@@H](c3ccc4nccnc4c3)C2)cc1. The molecule has 0 unspecified atom stereocenters. The van der Waals surface area contributed by atoms with E-state index in [4.69, 9.17) is 4.74 Å². The van der Waals surface area contributed by atoms with Crippen molar-refractivity contribution in [3.05, 3.63) is 96.3 Å². The normalized spacial score (nSPS) is 16.2. The van der Waals surface area contributed by atoms with Crippen molar-refractivity contribution in [1.82, 2.24) is 14.4 Å². The Morgan fingerprint density at radius 1 is 0.906 bits per heavy atom. The van der Waals surface area contributed by atoms with Crippen LogP contribution in [-0.2, 0) is 10.0 Å². The van der Waals surface area contributed by atoms with Crippen molar-refractivity contribution < 1.29 is 13.2 Å². The summed E-state index contributed by atoms with van der Waals surface area (Å²) in [7, 11) is -2.25. The smallest absolute Gasteiger partial charge is 0.279 e. The zero-order chi connectivity index (χ0) is 22.1. The molecule has 0 spiro atoms. The summed E-state index contributed by atoms with van der Waals surface area (Å²) in [6.45, 7) is 0. The van der Waals surface area contributed by atoms with Crippen LogP contribution in [0.25, 0.3) is 11.0 Å². The minimum Gasteiger partial charge on any atom is -0.497 e. The van der Waals surface area contributed by atoms with Gasteiger partial charge in [-0.25, -0.2) is 0 Å². The second kappa shape index (κ2) is 8.05. The Balaban J connectivity index is 1.60. The van der Waals surface area contributed by atoms with Crippen LogP contribution in [0.4, 0.5) is 0 Å². The van der Waals surface area contributed by atoms with Gasteiger partial charge in [0.25, 0.3) is 10.0 Å². The van der Waals surface area contributed by atoms with Crippen LogP contribution < -0.4 is 4.74 Å². The lowest BCUT2D eigenvalue weighted by Crippen LogP contribution is -2.27. The number of ether oxygens (including phenoxy) is 1. The fourth-order valence-corrected chi connectivity index (χ4v) is 5.26. The lowest BCUT2D eigenvalue weighted by Gasteiger charge is -2.23. The van der Waals surface area contributed by atoms with E-state index in [1.165, 1.54) is 4.41 Å². The lowest BCUT2D eigenvalue weighted by atomic mass is 9.98. The lowest BCUT2D eigenvalue weighted by molar-refractivity contribution is 0.371. The van der Waals surface area contributed by atoms with E-state index in [0.29, 0.717) is 17.6 Å². The highest BCUT2D eigenvalue weighted by Crippen LogP contribution is 2.38. The van der Waals surface area contributed by atoms with E-state index in [1.807, 2.05) is 42.5 Å². The molecule has 0 amide bonds. The Kier molecular flexibility index (Phi) is 5.07. The van der Waals surface area contributed by atoms with Crippen molar-refractivity contribution in [2.45, 2.75) is 17.4 Å². The molecule has 160 valence electrons. The number of methoxy groups -OCH3 is 1. The highest BCUT2D eigenvalue weighted by molar-refractivity contribution is 7.89. The van der Waals surface area contributed by atoms with Crippen molar-refractivity contribution in [2.75, 3.05) is 7.11 Å². The second-order valence-electron chi connectivity index (χ2n) is 7.39. The van der Waals surface area contributed by atoms with Crippen molar-refractivity contribution in [3.63, 3.8) is 0 Å². The molecule has 0 bridgehead atoms. The summed E-state index contributed by atoms with van der Waals surface area (Å²) < 4.78 is 33.5. The van der Waals surface area contributed by atoms with E-state index >= 15 is 0 Å². The van der Waals surface area contributed by atoms with Gasteiger partial charge in [0.15, 0.2) is 0 Å². The maximum atomic E-state index is 13.5. The van der Waals surface area contributed by atoms with Gasteiger partial charge in [0.1, 0.15) is 5.75 Å². The number of fused-ring (bicyclic) bond motifs is 1. The van der Waals surface area contributed by atoms with Gasteiger partial charge in [0.05, 0.1) is 34.8 Å². The summed E-state index contributed by atoms with van der Waals surface area (Å²) in [5.74, 6) is 0.728. The largest absolute Gasteiger partial charge is 0.497 e. The summed E-state index contributed by atoms with van der Waals surface area (Å²) in [5, 5.41) is 4.58. The minimum atomic E-state index is -3.86. The molecule has 0 N–H and O–H groups in total. The highest BCUT2D eigenvalue weighted by atomic mass is 32.2. The van der Waals surface area contributed by atoms with Crippen LogP contribution >= 0.6 is 0 Å². The molecule has 0 saturated heterocycles. The number of sulfonamides is 1. The minimum absolute atomic E-state index is 0.199. The highest BCUT2D eigenvalue weighted by Gasteiger charge is 2.37. The quantitative estimate of drug-likeness (QED) is 0.461. The van der Waals surface area contributed by atoms with Gasteiger partial charge < -0.3 is 4.74 Å². The molecule has 2 heterocycles. The first-order chi connectivity index (χ1) is 15.6. The third-order valence-electron chi connectivity index (χ3n) is 5.46. The molecule has 7 nitrogen and oxygen atoms in total. The van der Waals surface area contributed by atoms with Gasteiger partial charge in [-0.2, -0.15) is 17.9 Å². The molecule has 3 aromatic carbocycles. The third-order valence-corrected chi connectivity index (χ3v) is 7.16. The molecule has 0 aliphatic carbocycles. The van der Waals surface area contributed by atoms with Gasteiger partial charge in [0.2, 0.25) is 0 Å². The van der Waals surface area contributed by atoms with Crippen LogP contribution in [0.15, 0.2) is 95.2 Å². The topological polar surface area (TPSA) is 84.8 Å². The van der Waals surface area contributed by atoms with Crippen LogP contribution in [-0.4, -0.2) is 35.6 Å². The first-order valence-corrected chi connectivity index (χ1v) is 11.5. The van der Waals surface area contributed by atoms with Gasteiger partial charge in [-0.05, 0) is 59.7 Å². The van der Waals surface area contributed by atoms with E-state index in [9.17, 15) is 8.42 Å². The van der Waals surface area contributed by atoms with Crippen LogP contribution in [0.2, 0.25) is 0 Å². The van der Waals surface area contributed by atoms with Crippen LogP contribution in [0, 0.1) is 0 Å². The number of hydrazone groups is 1. The predicted molar refractivity (Wildman–Crippen MR) is 122 cm³/mol. The molecule has 8 heteroatoms. The second-order valence-corrected chi connectivity index (χ2v) is 9.19. The van der Waals surface area contributed by atoms with Crippen LogP contribution in [0.1, 0.15) is 23.6 Å². The maximum absolute atomic E-state index is 13.5. The van der Waals surface area contributed by atoms with E-state index in [0.717, 1.165) is 22.4 Å². The molecule has 4 aromatic rings. The number of benzene rings is 3. The Labute approximate surface area is 186 Å². The van der Waals surface area contributed by atoms with E-state index in [1.54, 1.807) is 49.8 Å². The zero-order valence-electron chi connectivity index (χ0n) is 17.3. The number of rotatable bonds is 5. The predicted octanol–water partition coefficient (Wildman–Crippen LogP) is 4.18. The Morgan fingerprint density at radius 3 is 2.34 bits per heavy atom. The molecule has 0 radical (unpaired) electrons. The van der Waals surface area contributed by atoms with Gasteiger partial charge in [-0.1, -0.05) is 24.3 Å². The molecule has 1 aromatic heterocycles. The summed E-state index contributed by atoms with van der Waals surface area (Å²) in [5.41, 5.74) is 3.81. The average Bonchev–Trinajstić information content (AvgIpc) is 3.31. The number of hydrogen-bond donors (Lipinski definition) is 0. The molecule has 1 aliphatic heterocycles. The number of hydrogen-bond acceptors (Lipinski definition) is 6. The Hall–Kier alpha value is -3.78. The zero-order valence-corrected chi connectivity index (χ0v) is 18.1. The van der Waals surface area contributed by atoms with Gasteiger partial charge in [-0.15, -0.1) is 0 Å². The van der Waals surface area contributed by atoms with Gasteiger partial charge >= 0.3 is 0 Å². The van der Waals surface area contributed by atoms with Crippen molar-refractivity contribution in [1.29, 1.82) is 0 Å². The molecule has 0 saturated carbocycles. The molecule has 1 atom stereocenters. The molecule has 5 rings (SSSR count). The summed E-state index contributed by atoms with van der Waals surface area (Å²) in [6.07, 6.45) is 3.69. The first kappa shape index (κ1) is 20.1. The Morgan fingerprint density at radius 2 is 1.62 bits per heavy atom. The average molecular weight is 445 g/mol. The first-order valence-electron chi connectivity index (χ1n) is 10.1. The molecular weight excluding hydrogens is 424 g/mol. The summed E-state index contributed by atoms with van der Waals surface area (Å²) in [4.78, 5) is 8.88. The number of aromatic nitrogens is 2. The third kappa shape index (κ3) is 3.58.